The zero-order valence-electron chi connectivity index (χ0n) is 14.9. The minimum Gasteiger partial charge on any atom is -0.481 e. The number of hydrogen-bond donors (Lipinski definition) is 6. The predicted octanol–water partition coefficient (Wildman–Crippen LogP) is -3.66. The number of hydrogen-bond acceptors (Lipinski definition) is 7. The SMILES string of the molecule is NC(=O)CC(N)C(=O)N1CCCC1C(=O)NCC(=O)NC(CC(=O)O)C(=O)O. The van der Waals surface area contributed by atoms with Crippen molar-refractivity contribution in [2.24, 2.45) is 11.5 Å². The smallest absolute Gasteiger partial charge is 0.326 e. The molecule has 3 atom stereocenters. The second kappa shape index (κ2) is 10.2. The maximum absolute atomic E-state index is 12.3. The molecule has 3 unspecified atom stereocenters. The summed E-state index contributed by atoms with van der Waals surface area (Å²) < 4.78 is 0. The van der Waals surface area contributed by atoms with Crippen LogP contribution >= 0.6 is 0 Å². The van der Waals surface area contributed by atoms with Crippen LogP contribution in [0.25, 0.3) is 0 Å². The highest BCUT2D eigenvalue weighted by Crippen LogP contribution is 2.18. The quantitative estimate of drug-likeness (QED) is 0.212. The van der Waals surface area contributed by atoms with Crippen LogP contribution < -0.4 is 22.1 Å². The molecule has 8 N–H and O–H groups in total. The van der Waals surface area contributed by atoms with E-state index >= 15 is 0 Å². The van der Waals surface area contributed by atoms with E-state index < -0.39 is 66.7 Å². The van der Waals surface area contributed by atoms with Gasteiger partial charge in [-0.2, -0.15) is 0 Å². The Balaban J connectivity index is 2.60. The largest absolute Gasteiger partial charge is 0.481 e. The van der Waals surface area contributed by atoms with Gasteiger partial charge < -0.3 is 37.2 Å². The fourth-order valence-electron chi connectivity index (χ4n) is 2.73. The third-order valence-corrected chi connectivity index (χ3v) is 4.01. The first-order chi connectivity index (χ1) is 13.0. The van der Waals surface area contributed by atoms with Crippen molar-refractivity contribution in [1.82, 2.24) is 15.5 Å². The lowest BCUT2D eigenvalue weighted by molar-refractivity contribution is -0.147. The van der Waals surface area contributed by atoms with E-state index in [0.29, 0.717) is 12.8 Å². The lowest BCUT2D eigenvalue weighted by atomic mass is 10.1. The summed E-state index contributed by atoms with van der Waals surface area (Å²) in [4.78, 5) is 69.9. The van der Waals surface area contributed by atoms with Crippen LogP contribution in [0.5, 0.6) is 0 Å². The van der Waals surface area contributed by atoms with Gasteiger partial charge in [0.05, 0.1) is 25.4 Å². The van der Waals surface area contributed by atoms with E-state index in [-0.39, 0.29) is 13.0 Å². The van der Waals surface area contributed by atoms with E-state index in [1.54, 1.807) is 0 Å². The zero-order valence-corrected chi connectivity index (χ0v) is 14.9. The van der Waals surface area contributed by atoms with E-state index in [1.807, 2.05) is 5.32 Å². The Morgan fingerprint density at radius 2 is 1.75 bits per heavy atom. The molecule has 1 aliphatic heterocycles. The average molecular weight is 401 g/mol. The molecule has 13 heteroatoms. The highest BCUT2D eigenvalue weighted by Gasteiger charge is 2.36. The predicted molar refractivity (Wildman–Crippen MR) is 91.4 cm³/mol. The number of nitrogens with zero attached hydrogens (tertiary/aromatic N) is 1. The van der Waals surface area contributed by atoms with Crippen molar-refractivity contribution in [3.8, 4) is 0 Å². The number of aliphatic carboxylic acids is 2. The van der Waals surface area contributed by atoms with Crippen molar-refractivity contribution in [2.75, 3.05) is 13.1 Å². The molecule has 1 fully saturated rings. The molecular weight excluding hydrogens is 378 g/mol. The van der Waals surface area contributed by atoms with Crippen LogP contribution in [0, 0.1) is 0 Å². The Hall–Kier alpha value is -3.22. The molecule has 4 amide bonds. The lowest BCUT2D eigenvalue weighted by Gasteiger charge is -2.26. The summed E-state index contributed by atoms with van der Waals surface area (Å²) in [5.74, 6) is -5.87. The van der Waals surface area contributed by atoms with E-state index in [9.17, 15) is 28.8 Å². The lowest BCUT2D eigenvalue weighted by Crippen LogP contribution is -2.53. The molecule has 13 nitrogen and oxygen atoms in total. The van der Waals surface area contributed by atoms with Gasteiger partial charge in [0.15, 0.2) is 0 Å². The van der Waals surface area contributed by atoms with Gasteiger partial charge in [-0.3, -0.25) is 24.0 Å². The first kappa shape index (κ1) is 22.8. The number of nitrogens with two attached hydrogens (primary N) is 2. The van der Waals surface area contributed by atoms with E-state index in [2.05, 4.69) is 5.32 Å². The van der Waals surface area contributed by atoms with E-state index in [0.717, 1.165) is 0 Å². The average Bonchev–Trinajstić information content (AvgIpc) is 3.06. The van der Waals surface area contributed by atoms with E-state index in [4.69, 9.17) is 21.7 Å². The van der Waals surface area contributed by atoms with Gasteiger partial charge in [-0.15, -0.1) is 0 Å². The van der Waals surface area contributed by atoms with Gasteiger partial charge in [-0.25, -0.2) is 4.79 Å². The molecule has 0 aromatic heterocycles. The topological polar surface area (TPSA) is 222 Å². The highest BCUT2D eigenvalue weighted by atomic mass is 16.4. The maximum atomic E-state index is 12.3. The maximum Gasteiger partial charge on any atom is 0.326 e. The normalized spacial score (nSPS) is 18.0. The first-order valence-corrected chi connectivity index (χ1v) is 8.39. The summed E-state index contributed by atoms with van der Waals surface area (Å²) in [5.41, 5.74) is 10.6. The second-order valence-corrected chi connectivity index (χ2v) is 6.24. The highest BCUT2D eigenvalue weighted by molar-refractivity contribution is 5.94. The number of carboxylic acids is 2. The second-order valence-electron chi connectivity index (χ2n) is 6.24. The number of nitrogens with one attached hydrogen (secondary N) is 2. The molecule has 1 heterocycles. The van der Waals surface area contributed by atoms with Gasteiger partial charge in [0, 0.05) is 6.54 Å². The van der Waals surface area contributed by atoms with Crippen molar-refractivity contribution in [3.63, 3.8) is 0 Å². The van der Waals surface area contributed by atoms with Crippen molar-refractivity contribution in [3.05, 3.63) is 0 Å². The first-order valence-electron chi connectivity index (χ1n) is 8.39. The number of likely N-dealkylation sites (tertiary alicyclic amines) is 1. The number of amides is 4. The number of primary amides is 1. The molecule has 0 bridgehead atoms. The molecule has 0 aliphatic carbocycles. The number of carbonyl (C=O) groups excluding carboxylic acids is 4. The fourth-order valence-corrected chi connectivity index (χ4v) is 2.73. The van der Waals surface area contributed by atoms with Gasteiger partial charge in [-0.1, -0.05) is 0 Å². The molecule has 1 saturated heterocycles. The monoisotopic (exact) mass is 401 g/mol. The molecule has 0 aromatic rings. The summed E-state index contributed by atoms with van der Waals surface area (Å²) in [7, 11) is 0. The van der Waals surface area contributed by atoms with Gasteiger partial charge in [0.2, 0.25) is 23.6 Å². The number of carbonyl (C=O) groups is 6. The van der Waals surface area contributed by atoms with Crippen molar-refractivity contribution in [1.29, 1.82) is 0 Å². The summed E-state index contributed by atoms with van der Waals surface area (Å²) >= 11 is 0. The van der Waals surface area contributed by atoms with Crippen LogP contribution in [0.2, 0.25) is 0 Å². The molecule has 0 radical (unpaired) electrons. The third-order valence-electron chi connectivity index (χ3n) is 4.01. The Bertz CT molecular complexity index is 667. The van der Waals surface area contributed by atoms with E-state index in [1.165, 1.54) is 4.90 Å². The fraction of sp³-hybridized carbons (Fsp3) is 0.600. The van der Waals surface area contributed by atoms with Gasteiger partial charge in [-0.05, 0) is 12.8 Å². The molecule has 0 spiro atoms. The molecule has 0 saturated carbocycles. The molecule has 156 valence electrons. The molecular formula is C15H23N5O8. The van der Waals surface area contributed by atoms with Crippen molar-refractivity contribution < 1.29 is 39.0 Å². The van der Waals surface area contributed by atoms with Gasteiger partial charge >= 0.3 is 11.9 Å². The Labute approximate surface area is 159 Å². The van der Waals surface area contributed by atoms with Crippen LogP contribution in [0.1, 0.15) is 25.7 Å². The van der Waals surface area contributed by atoms with Crippen LogP contribution in [0.4, 0.5) is 0 Å². The Morgan fingerprint density at radius 3 is 2.29 bits per heavy atom. The summed E-state index contributed by atoms with van der Waals surface area (Å²) in [6.07, 6.45) is -0.359. The molecule has 28 heavy (non-hydrogen) atoms. The summed E-state index contributed by atoms with van der Waals surface area (Å²) in [5, 5.41) is 21.8. The Morgan fingerprint density at radius 1 is 1.11 bits per heavy atom. The molecule has 0 aromatic carbocycles. The minimum atomic E-state index is -1.64. The van der Waals surface area contributed by atoms with Crippen LogP contribution in [-0.2, 0) is 28.8 Å². The third kappa shape index (κ3) is 6.83. The van der Waals surface area contributed by atoms with Crippen LogP contribution in [-0.4, -0.2) is 81.9 Å². The molecule has 1 aliphatic rings. The van der Waals surface area contributed by atoms with Gasteiger partial charge in [0.25, 0.3) is 0 Å². The minimum absolute atomic E-state index is 0.245. The number of carboxylic acid groups (broad SMARTS) is 2. The number of rotatable bonds is 10. The van der Waals surface area contributed by atoms with Crippen molar-refractivity contribution in [2.45, 2.75) is 43.8 Å². The van der Waals surface area contributed by atoms with Crippen LogP contribution in [0.15, 0.2) is 0 Å². The van der Waals surface area contributed by atoms with Crippen molar-refractivity contribution >= 4 is 35.6 Å². The molecule has 1 rings (SSSR count). The summed E-state index contributed by atoms with van der Waals surface area (Å²) in [6.45, 7) is -0.358. The standard InChI is InChI=1S/C15H23N5O8/c16-7(4-10(17)21)14(26)20-3-1-2-9(20)13(25)18-6-11(22)19-8(15(27)28)5-12(23)24/h7-9H,1-6,16H2,(H2,17,21)(H,18,25)(H,19,22)(H,23,24)(H,27,28). The zero-order chi connectivity index (χ0) is 21.4. The summed E-state index contributed by atoms with van der Waals surface area (Å²) in [6, 6.07) is -3.71. The van der Waals surface area contributed by atoms with Gasteiger partial charge in [0.1, 0.15) is 12.1 Å². The Kier molecular flexibility index (Phi) is 8.31. The van der Waals surface area contributed by atoms with Crippen LogP contribution in [0.3, 0.4) is 0 Å².